The molecule has 0 fully saturated rings. The van der Waals surface area contributed by atoms with Crippen molar-refractivity contribution in [1.82, 2.24) is 0 Å². The van der Waals surface area contributed by atoms with Gasteiger partial charge in [-0.15, -0.1) is 0 Å². The topological polar surface area (TPSA) is 73.6 Å². The van der Waals surface area contributed by atoms with Crippen LogP contribution in [0.4, 0.5) is 5.69 Å². The van der Waals surface area contributed by atoms with E-state index in [1.165, 1.54) is 0 Å². The summed E-state index contributed by atoms with van der Waals surface area (Å²) in [5.41, 5.74) is 6.53. The molecule has 1 aromatic rings. The molecule has 21 heavy (non-hydrogen) atoms. The number of benzene rings is 1. The third-order valence-corrected chi connectivity index (χ3v) is 3.48. The van der Waals surface area contributed by atoms with Gasteiger partial charge < -0.3 is 20.5 Å². The van der Waals surface area contributed by atoms with Crippen molar-refractivity contribution in [3.8, 4) is 5.75 Å². The predicted molar refractivity (Wildman–Crippen MR) is 88.0 cm³/mol. The lowest BCUT2D eigenvalue weighted by molar-refractivity contribution is -0.117. The van der Waals surface area contributed by atoms with Crippen molar-refractivity contribution in [2.45, 2.75) is 18.9 Å². The molecule has 0 unspecified atom stereocenters. The van der Waals surface area contributed by atoms with Crippen molar-refractivity contribution in [3.63, 3.8) is 0 Å². The Morgan fingerprint density at radius 2 is 2.24 bits per heavy atom. The average molecular weight is 312 g/mol. The highest BCUT2D eigenvalue weighted by atomic mass is 32.2. The van der Waals surface area contributed by atoms with Gasteiger partial charge in [-0.3, -0.25) is 4.79 Å². The normalized spacial score (nSPS) is 12.0. The number of hydrogen-bond donors (Lipinski definition) is 2. The number of methoxy groups -OCH3 is 1. The van der Waals surface area contributed by atoms with Gasteiger partial charge in [-0.05, 0) is 30.6 Å². The summed E-state index contributed by atoms with van der Waals surface area (Å²) in [5.74, 6) is 1.43. The van der Waals surface area contributed by atoms with Gasteiger partial charge >= 0.3 is 0 Å². The van der Waals surface area contributed by atoms with E-state index >= 15 is 0 Å². The maximum atomic E-state index is 11.9. The van der Waals surface area contributed by atoms with E-state index in [4.69, 9.17) is 15.2 Å². The third-order valence-electron chi connectivity index (χ3n) is 2.83. The number of anilines is 1. The van der Waals surface area contributed by atoms with Gasteiger partial charge in [0.25, 0.3) is 0 Å². The first-order valence-corrected chi connectivity index (χ1v) is 8.34. The Balaban J connectivity index is 2.46. The molecule has 0 aromatic heterocycles. The fraction of sp³-hybridized carbons (Fsp3) is 0.533. The van der Waals surface area contributed by atoms with Crippen LogP contribution < -0.4 is 15.8 Å². The second-order valence-corrected chi connectivity index (χ2v) is 5.59. The number of hydrogen-bond acceptors (Lipinski definition) is 5. The van der Waals surface area contributed by atoms with Gasteiger partial charge in [0.05, 0.1) is 12.6 Å². The molecule has 6 heteroatoms. The van der Waals surface area contributed by atoms with Crippen molar-refractivity contribution in [3.05, 3.63) is 24.3 Å². The molecule has 0 bridgehead atoms. The van der Waals surface area contributed by atoms with Crippen LogP contribution >= 0.6 is 11.8 Å². The molecular formula is C15H24N2O3S. The largest absolute Gasteiger partial charge is 0.493 e. The Labute approximate surface area is 130 Å². The van der Waals surface area contributed by atoms with Gasteiger partial charge in [0.1, 0.15) is 5.75 Å². The number of thioether (sulfide) groups is 1. The van der Waals surface area contributed by atoms with Crippen molar-refractivity contribution in [1.29, 1.82) is 0 Å². The number of rotatable bonds is 10. The number of ether oxygens (including phenoxy) is 2. The summed E-state index contributed by atoms with van der Waals surface area (Å²) in [7, 11) is 1.66. The Kier molecular flexibility index (Phi) is 8.89. The van der Waals surface area contributed by atoms with Crippen molar-refractivity contribution < 1.29 is 14.3 Å². The molecule has 0 spiro atoms. The fourth-order valence-corrected chi connectivity index (χ4v) is 2.16. The molecule has 1 aromatic carbocycles. The summed E-state index contributed by atoms with van der Waals surface area (Å²) < 4.78 is 10.6. The Morgan fingerprint density at radius 1 is 1.43 bits per heavy atom. The van der Waals surface area contributed by atoms with E-state index in [1.807, 2.05) is 24.5 Å². The van der Waals surface area contributed by atoms with Crippen LogP contribution in [0.1, 0.15) is 12.8 Å². The Morgan fingerprint density at radius 3 is 2.95 bits per heavy atom. The summed E-state index contributed by atoms with van der Waals surface area (Å²) in [6.45, 7) is 1.25. The molecule has 0 heterocycles. The third kappa shape index (κ3) is 7.36. The highest BCUT2D eigenvalue weighted by Gasteiger charge is 2.13. The zero-order valence-corrected chi connectivity index (χ0v) is 13.4. The van der Waals surface area contributed by atoms with Crippen LogP contribution in [0.5, 0.6) is 5.75 Å². The minimum Gasteiger partial charge on any atom is -0.493 e. The summed E-state index contributed by atoms with van der Waals surface area (Å²) in [6, 6.07) is 6.83. The molecule has 0 aliphatic rings. The SMILES string of the molecule is COCCCOc1cccc(NC(=O)[C@@H](N)CCSC)c1. The average Bonchev–Trinajstić information content (AvgIpc) is 2.49. The highest BCUT2D eigenvalue weighted by Crippen LogP contribution is 2.18. The standard InChI is InChI=1S/C15H24N2O3S/c1-19-8-4-9-20-13-6-3-5-12(11-13)17-15(18)14(16)7-10-21-2/h3,5-6,11,14H,4,7-10,16H2,1-2H3,(H,17,18)/t14-/m0/s1. The van der Waals surface area contributed by atoms with E-state index in [-0.39, 0.29) is 5.91 Å². The zero-order chi connectivity index (χ0) is 15.5. The summed E-state index contributed by atoms with van der Waals surface area (Å²) in [6.07, 6.45) is 3.49. The Hall–Kier alpha value is -1.24. The first kappa shape index (κ1) is 17.8. The maximum absolute atomic E-state index is 11.9. The molecule has 0 saturated carbocycles. The monoisotopic (exact) mass is 312 g/mol. The van der Waals surface area contributed by atoms with Crippen LogP contribution in [-0.4, -0.2) is 44.3 Å². The molecule has 1 atom stereocenters. The van der Waals surface area contributed by atoms with Crippen LogP contribution in [-0.2, 0) is 9.53 Å². The number of nitrogens with two attached hydrogens (primary N) is 1. The van der Waals surface area contributed by atoms with Gasteiger partial charge in [-0.2, -0.15) is 11.8 Å². The summed E-state index contributed by atoms with van der Waals surface area (Å²) in [4.78, 5) is 11.9. The predicted octanol–water partition coefficient (Wildman–Crippen LogP) is 2.12. The smallest absolute Gasteiger partial charge is 0.241 e. The quantitative estimate of drug-likeness (QED) is 0.647. The van der Waals surface area contributed by atoms with Crippen molar-refractivity contribution in [2.24, 2.45) is 5.73 Å². The fourth-order valence-electron chi connectivity index (χ4n) is 1.67. The molecular weight excluding hydrogens is 288 g/mol. The second-order valence-electron chi connectivity index (χ2n) is 4.60. The molecule has 1 amide bonds. The maximum Gasteiger partial charge on any atom is 0.241 e. The van der Waals surface area contributed by atoms with Gasteiger partial charge in [-0.1, -0.05) is 6.07 Å². The van der Waals surface area contributed by atoms with Gasteiger partial charge in [-0.25, -0.2) is 0 Å². The zero-order valence-electron chi connectivity index (χ0n) is 12.6. The molecule has 118 valence electrons. The first-order valence-electron chi connectivity index (χ1n) is 6.94. The summed E-state index contributed by atoms with van der Waals surface area (Å²) >= 11 is 1.68. The molecule has 0 aliphatic heterocycles. The van der Waals surface area contributed by atoms with E-state index in [0.29, 0.717) is 25.3 Å². The van der Waals surface area contributed by atoms with Gasteiger partial charge in [0, 0.05) is 31.9 Å². The highest BCUT2D eigenvalue weighted by molar-refractivity contribution is 7.98. The number of amides is 1. The molecule has 0 aliphatic carbocycles. The first-order chi connectivity index (χ1) is 10.2. The lowest BCUT2D eigenvalue weighted by atomic mass is 10.2. The van der Waals surface area contributed by atoms with E-state index in [9.17, 15) is 4.79 Å². The van der Waals surface area contributed by atoms with E-state index in [2.05, 4.69) is 5.32 Å². The van der Waals surface area contributed by atoms with Crippen LogP contribution in [0.25, 0.3) is 0 Å². The van der Waals surface area contributed by atoms with Crippen LogP contribution in [0.3, 0.4) is 0 Å². The van der Waals surface area contributed by atoms with Gasteiger partial charge in [0.2, 0.25) is 5.91 Å². The van der Waals surface area contributed by atoms with E-state index in [0.717, 1.165) is 17.9 Å². The number of carbonyl (C=O) groups excluding carboxylic acids is 1. The van der Waals surface area contributed by atoms with Crippen molar-refractivity contribution in [2.75, 3.05) is 37.6 Å². The van der Waals surface area contributed by atoms with Crippen LogP contribution in [0, 0.1) is 0 Å². The molecule has 3 N–H and O–H groups in total. The number of carbonyl (C=O) groups is 1. The molecule has 0 radical (unpaired) electrons. The van der Waals surface area contributed by atoms with E-state index in [1.54, 1.807) is 24.9 Å². The lowest BCUT2D eigenvalue weighted by Crippen LogP contribution is -2.36. The van der Waals surface area contributed by atoms with Crippen molar-refractivity contribution >= 4 is 23.4 Å². The van der Waals surface area contributed by atoms with Gasteiger partial charge in [0.15, 0.2) is 0 Å². The Bertz CT molecular complexity index is 429. The van der Waals surface area contributed by atoms with Crippen LogP contribution in [0.2, 0.25) is 0 Å². The molecule has 5 nitrogen and oxygen atoms in total. The summed E-state index contributed by atoms with van der Waals surface area (Å²) in [5, 5.41) is 2.81. The number of nitrogens with one attached hydrogen (secondary N) is 1. The molecule has 0 saturated heterocycles. The second kappa shape index (κ2) is 10.5. The molecule has 1 rings (SSSR count). The minimum absolute atomic E-state index is 0.166. The lowest BCUT2D eigenvalue weighted by Gasteiger charge is -2.12. The van der Waals surface area contributed by atoms with E-state index < -0.39 is 6.04 Å². The minimum atomic E-state index is -0.483. The van der Waals surface area contributed by atoms with Crippen LogP contribution in [0.15, 0.2) is 24.3 Å².